The van der Waals surface area contributed by atoms with Gasteiger partial charge in [0.25, 0.3) is 0 Å². The van der Waals surface area contributed by atoms with Crippen molar-refractivity contribution in [2.24, 2.45) is 0 Å². The standard InChI is InChI=1S/C14H26N4O2/c1-5-6-15-7-12-8-16-14(18-11(12)2)17-9-13(20-4)10-19-3/h8,13,15H,5-7,9-10H2,1-4H3,(H,16,17,18). The Balaban J connectivity index is 2.49. The van der Waals surface area contributed by atoms with Crippen molar-refractivity contribution >= 4 is 5.95 Å². The van der Waals surface area contributed by atoms with Crippen molar-refractivity contribution in [3.8, 4) is 0 Å². The quantitative estimate of drug-likeness (QED) is 0.632. The van der Waals surface area contributed by atoms with Gasteiger partial charge in [-0.15, -0.1) is 0 Å². The molecule has 0 fully saturated rings. The first-order valence-electron chi connectivity index (χ1n) is 7.00. The Labute approximate surface area is 121 Å². The Morgan fingerprint density at radius 2 is 2.15 bits per heavy atom. The Kier molecular flexibility index (Phi) is 8.10. The van der Waals surface area contributed by atoms with Gasteiger partial charge in [-0.25, -0.2) is 9.97 Å². The van der Waals surface area contributed by atoms with Crippen LogP contribution in [-0.2, 0) is 16.0 Å². The van der Waals surface area contributed by atoms with E-state index < -0.39 is 0 Å². The number of nitrogens with zero attached hydrogens (tertiary/aromatic N) is 2. The van der Waals surface area contributed by atoms with E-state index in [1.54, 1.807) is 14.2 Å². The maximum atomic E-state index is 5.28. The first-order valence-corrected chi connectivity index (χ1v) is 7.00. The second-order valence-corrected chi connectivity index (χ2v) is 4.67. The summed E-state index contributed by atoms with van der Waals surface area (Å²) >= 11 is 0. The molecular formula is C14H26N4O2. The van der Waals surface area contributed by atoms with Crippen molar-refractivity contribution in [3.05, 3.63) is 17.5 Å². The Hall–Kier alpha value is -1.24. The lowest BCUT2D eigenvalue weighted by Gasteiger charge is -2.15. The van der Waals surface area contributed by atoms with Crippen LogP contribution in [-0.4, -0.2) is 50.0 Å². The van der Waals surface area contributed by atoms with Crippen LogP contribution in [0.5, 0.6) is 0 Å². The van der Waals surface area contributed by atoms with Gasteiger partial charge in [0.2, 0.25) is 5.95 Å². The van der Waals surface area contributed by atoms with Crippen molar-refractivity contribution < 1.29 is 9.47 Å². The predicted molar refractivity (Wildman–Crippen MR) is 79.9 cm³/mol. The number of anilines is 1. The fourth-order valence-corrected chi connectivity index (χ4v) is 1.75. The van der Waals surface area contributed by atoms with Gasteiger partial charge in [0.05, 0.1) is 12.7 Å². The number of hydrogen-bond donors (Lipinski definition) is 2. The van der Waals surface area contributed by atoms with Gasteiger partial charge in [-0.05, 0) is 19.9 Å². The minimum Gasteiger partial charge on any atom is -0.382 e. The molecule has 0 saturated heterocycles. The van der Waals surface area contributed by atoms with Crippen molar-refractivity contribution in [1.29, 1.82) is 0 Å². The molecule has 0 aliphatic carbocycles. The van der Waals surface area contributed by atoms with Gasteiger partial charge < -0.3 is 20.1 Å². The van der Waals surface area contributed by atoms with Crippen molar-refractivity contribution in [2.45, 2.75) is 32.9 Å². The zero-order chi connectivity index (χ0) is 14.8. The highest BCUT2D eigenvalue weighted by Gasteiger charge is 2.08. The lowest BCUT2D eigenvalue weighted by atomic mass is 10.2. The first kappa shape index (κ1) is 16.8. The van der Waals surface area contributed by atoms with Crippen LogP contribution in [0, 0.1) is 6.92 Å². The molecular weight excluding hydrogens is 256 g/mol. The molecule has 1 unspecified atom stereocenters. The van der Waals surface area contributed by atoms with Crippen molar-refractivity contribution in [1.82, 2.24) is 15.3 Å². The van der Waals surface area contributed by atoms with Crippen LogP contribution in [0.25, 0.3) is 0 Å². The molecule has 0 aromatic carbocycles. The molecule has 1 atom stereocenters. The summed E-state index contributed by atoms with van der Waals surface area (Å²) in [7, 11) is 3.32. The largest absolute Gasteiger partial charge is 0.382 e. The summed E-state index contributed by atoms with van der Waals surface area (Å²) in [6.45, 7) is 7.13. The summed E-state index contributed by atoms with van der Waals surface area (Å²) in [5.41, 5.74) is 2.12. The minimum absolute atomic E-state index is 0.00481. The minimum atomic E-state index is -0.00481. The van der Waals surface area contributed by atoms with Crippen LogP contribution in [0.1, 0.15) is 24.6 Å². The number of methoxy groups -OCH3 is 2. The average molecular weight is 282 g/mol. The lowest BCUT2D eigenvalue weighted by molar-refractivity contribution is 0.0365. The molecule has 2 N–H and O–H groups in total. The zero-order valence-electron chi connectivity index (χ0n) is 12.9. The van der Waals surface area contributed by atoms with Gasteiger partial charge in [-0.2, -0.15) is 0 Å². The number of nitrogens with one attached hydrogen (secondary N) is 2. The summed E-state index contributed by atoms with van der Waals surface area (Å²) in [5.74, 6) is 0.625. The highest BCUT2D eigenvalue weighted by atomic mass is 16.5. The molecule has 0 saturated carbocycles. The third-order valence-electron chi connectivity index (χ3n) is 3.00. The normalized spacial score (nSPS) is 12.4. The molecule has 1 heterocycles. The summed E-state index contributed by atoms with van der Waals surface area (Å²) in [6, 6.07) is 0. The maximum Gasteiger partial charge on any atom is 0.222 e. The molecule has 0 bridgehead atoms. The molecule has 0 aliphatic rings. The molecule has 0 amide bonds. The fraction of sp³-hybridized carbons (Fsp3) is 0.714. The van der Waals surface area contributed by atoms with E-state index in [1.807, 2.05) is 13.1 Å². The van der Waals surface area contributed by atoms with E-state index in [9.17, 15) is 0 Å². The van der Waals surface area contributed by atoms with Crippen LogP contribution in [0.2, 0.25) is 0 Å². The SMILES string of the molecule is CCCNCc1cnc(NCC(COC)OC)nc1C. The Morgan fingerprint density at radius 1 is 1.35 bits per heavy atom. The second kappa shape index (κ2) is 9.63. The van der Waals surface area contributed by atoms with E-state index in [1.165, 1.54) is 0 Å². The third kappa shape index (κ3) is 5.81. The smallest absolute Gasteiger partial charge is 0.222 e. The van der Waals surface area contributed by atoms with Crippen LogP contribution in [0.15, 0.2) is 6.20 Å². The summed E-state index contributed by atoms with van der Waals surface area (Å²) < 4.78 is 10.3. The Bertz CT molecular complexity index is 387. The van der Waals surface area contributed by atoms with E-state index in [0.717, 1.165) is 30.8 Å². The second-order valence-electron chi connectivity index (χ2n) is 4.67. The molecule has 20 heavy (non-hydrogen) atoms. The molecule has 1 rings (SSSR count). The number of ether oxygens (including phenoxy) is 2. The highest BCUT2D eigenvalue weighted by molar-refractivity contribution is 5.29. The van der Waals surface area contributed by atoms with E-state index in [4.69, 9.17) is 9.47 Å². The van der Waals surface area contributed by atoms with Crippen LogP contribution < -0.4 is 10.6 Å². The molecule has 0 spiro atoms. The number of hydrogen-bond acceptors (Lipinski definition) is 6. The first-order chi connectivity index (χ1) is 9.71. The van der Waals surface area contributed by atoms with E-state index in [0.29, 0.717) is 19.1 Å². The molecule has 6 heteroatoms. The molecule has 0 aliphatic heterocycles. The van der Waals surface area contributed by atoms with E-state index >= 15 is 0 Å². The van der Waals surface area contributed by atoms with Gasteiger partial charge in [0.15, 0.2) is 0 Å². The van der Waals surface area contributed by atoms with E-state index in [2.05, 4.69) is 27.5 Å². The number of aromatic nitrogens is 2. The maximum absolute atomic E-state index is 5.28. The lowest BCUT2D eigenvalue weighted by Crippen LogP contribution is -2.27. The van der Waals surface area contributed by atoms with Gasteiger partial charge >= 0.3 is 0 Å². The third-order valence-corrected chi connectivity index (χ3v) is 3.00. The van der Waals surface area contributed by atoms with Crippen LogP contribution in [0.3, 0.4) is 0 Å². The van der Waals surface area contributed by atoms with Gasteiger partial charge in [-0.3, -0.25) is 0 Å². The monoisotopic (exact) mass is 282 g/mol. The molecule has 1 aromatic rings. The van der Waals surface area contributed by atoms with Crippen molar-refractivity contribution in [2.75, 3.05) is 39.2 Å². The number of rotatable bonds is 10. The topological polar surface area (TPSA) is 68.3 Å². The van der Waals surface area contributed by atoms with Gasteiger partial charge in [0.1, 0.15) is 0 Å². The van der Waals surface area contributed by atoms with Gasteiger partial charge in [-0.1, -0.05) is 6.92 Å². The zero-order valence-corrected chi connectivity index (χ0v) is 12.9. The highest BCUT2D eigenvalue weighted by Crippen LogP contribution is 2.07. The van der Waals surface area contributed by atoms with E-state index in [-0.39, 0.29) is 6.10 Å². The van der Waals surface area contributed by atoms with Crippen LogP contribution in [0.4, 0.5) is 5.95 Å². The summed E-state index contributed by atoms with van der Waals surface area (Å²) in [5, 5.41) is 6.52. The fourth-order valence-electron chi connectivity index (χ4n) is 1.75. The summed E-state index contributed by atoms with van der Waals surface area (Å²) in [6.07, 6.45) is 2.98. The van der Waals surface area contributed by atoms with Crippen molar-refractivity contribution in [3.63, 3.8) is 0 Å². The molecule has 6 nitrogen and oxygen atoms in total. The van der Waals surface area contributed by atoms with Crippen LogP contribution >= 0.6 is 0 Å². The molecule has 1 aromatic heterocycles. The predicted octanol–water partition coefficient (Wildman–Crippen LogP) is 1.36. The Morgan fingerprint density at radius 3 is 2.75 bits per heavy atom. The van der Waals surface area contributed by atoms with Gasteiger partial charge in [0, 0.05) is 44.8 Å². The average Bonchev–Trinajstić information content (AvgIpc) is 2.45. The summed E-state index contributed by atoms with van der Waals surface area (Å²) in [4.78, 5) is 8.79. The molecule has 114 valence electrons. The number of aryl methyl sites for hydroxylation is 1. The molecule has 0 radical (unpaired) electrons.